The maximum absolute atomic E-state index is 14.9. The number of hydrogen-bond donors (Lipinski definition) is 0. The predicted molar refractivity (Wildman–Crippen MR) is 112 cm³/mol. The average molecular weight is 431 g/mol. The first-order valence-corrected chi connectivity index (χ1v) is 11.2. The molecule has 2 aromatic carbocycles. The number of aromatic nitrogens is 1. The van der Waals surface area contributed by atoms with Crippen molar-refractivity contribution in [3.8, 4) is 0 Å². The van der Waals surface area contributed by atoms with E-state index in [2.05, 4.69) is 4.37 Å². The lowest BCUT2D eigenvalue weighted by atomic mass is 9.84. The molecule has 3 aliphatic carbocycles. The Kier molecular flexibility index (Phi) is 5.13. The van der Waals surface area contributed by atoms with E-state index in [1.165, 1.54) is 11.5 Å². The first-order chi connectivity index (χ1) is 14.6. The SMILES string of the molecule is FC1=c2c(F)c(F)c3c4c(ccc3c2=CC(C2CC2)C1F)CCCC4.c1cnsc1. The molecule has 0 saturated heterocycles. The molecule has 3 aliphatic rings. The summed E-state index contributed by atoms with van der Waals surface area (Å²) in [5, 5.41) is 2.54. The van der Waals surface area contributed by atoms with Crippen molar-refractivity contribution >= 4 is 34.2 Å². The summed E-state index contributed by atoms with van der Waals surface area (Å²) in [4.78, 5) is 0. The highest BCUT2D eigenvalue weighted by Gasteiger charge is 2.40. The molecule has 0 amide bonds. The van der Waals surface area contributed by atoms with E-state index in [-0.39, 0.29) is 11.3 Å². The minimum absolute atomic E-state index is 0.106. The van der Waals surface area contributed by atoms with E-state index in [4.69, 9.17) is 0 Å². The second-order valence-electron chi connectivity index (χ2n) is 8.27. The highest BCUT2D eigenvalue weighted by Crippen LogP contribution is 2.43. The Morgan fingerprint density at radius 3 is 2.47 bits per heavy atom. The van der Waals surface area contributed by atoms with Gasteiger partial charge in [-0.1, -0.05) is 18.2 Å². The summed E-state index contributed by atoms with van der Waals surface area (Å²) in [6.45, 7) is 0. The van der Waals surface area contributed by atoms with Crippen LogP contribution in [0.1, 0.15) is 36.8 Å². The highest BCUT2D eigenvalue weighted by molar-refractivity contribution is 7.03. The van der Waals surface area contributed by atoms with Crippen LogP contribution in [0.5, 0.6) is 0 Å². The number of benzene rings is 2. The number of nitrogens with zero attached hydrogens (tertiary/aromatic N) is 1. The van der Waals surface area contributed by atoms with Crippen molar-refractivity contribution in [1.29, 1.82) is 0 Å². The van der Waals surface area contributed by atoms with Crippen LogP contribution < -0.4 is 10.4 Å². The van der Waals surface area contributed by atoms with Crippen LogP contribution in [0.4, 0.5) is 17.6 Å². The molecule has 1 aromatic heterocycles. The Morgan fingerprint density at radius 1 is 1.00 bits per heavy atom. The lowest BCUT2D eigenvalue weighted by Crippen LogP contribution is -2.41. The minimum Gasteiger partial charge on any atom is -0.239 e. The van der Waals surface area contributed by atoms with Crippen LogP contribution >= 0.6 is 11.5 Å². The summed E-state index contributed by atoms with van der Waals surface area (Å²) >= 11 is 1.46. The molecule has 1 nitrogen and oxygen atoms in total. The largest absolute Gasteiger partial charge is 0.239 e. The standard InChI is InChI=1S/C21H18F4.C3H3NS/c22-18-14(11-5-6-11)9-15-13-8-7-10-3-1-2-4-12(10)16(13)19(23)21(25)17(15)20(18)24;1-2-4-5-3-1/h7-9,11,14,18H,1-6H2;1-3H. The van der Waals surface area contributed by atoms with Gasteiger partial charge in [-0.3, -0.25) is 0 Å². The number of aryl methyl sites for hydroxylation is 2. The van der Waals surface area contributed by atoms with Crippen LogP contribution in [0, 0.1) is 23.5 Å². The van der Waals surface area contributed by atoms with E-state index >= 15 is 0 Å². The van der Waals surface area contributed by atoms with Gasteiger partial charge in [0.1, 0.15) is 5.83 Å². The van der Waals surface area contributed by atoms with Crippen LogP contribution in [0.25, 0.3) is 22.7 Å². The van der Waals surface area contributed by atoms with Gasteiger partial charge in [-0.25, -0.2) is 21.9 Å². The summed E-state index contributed by atoms with van der Waals surface area (Å²) in [6.07, 6.45) is 6.80. The number of fused-ring (bicyclic) bond motifs is 5. The van der Waals surface area contributed by atoms with Crippen LogP contribution in [-0.2, 0) is 12.8 Å². The summed E-state index contributed by atoms with van der Waals surface area (Å²) in [6, 6.07) is 5.60. The van der Waals surface area contributed by atoms with E-state index in [9.17, 15) is 17.6 Å². The fraction of sp³-hybridized carbons (Fsp3) is 0.375. The monoisotopic (exact) mass is 431 g/mol. The van der Waals surface area contributed by atoms with Crippen molar-refractivity contribution < 1.29 is 17.6 Å². The van der Waals surface area contributed by atoms with Gasteiger partial charge in [0.25, 0.3) is 0 Å². The average Bonchev–Trinajstić information content (AvgIpc) is 3.42. The smallest absolute Gasteiger partial charge is 0.170 e. The molecule has 6 heteroatoms. The molecule has 0 radical (unpaired) electrons. The van der Waals surface area contributed by atoms with E-state index in [1.807, 2.05) is 17.5 Å². The van der Waals surface area contributed by atoms with Crippen LogP contribution in [0.2, 0.25) is 0 Å². The fourth-order valence-corrected chi connectivity index (χ4v) is 5.15. The van der Waals surface area contributed by atoms with E-state index in [1.54, 1.807) is 18.3 Å². The van der Waals surface area contributed by atoms with E-state index in [0.29, 0.717) is 17.0 Å². The van der Waals surface area contributed by atoms with Gasteiger partial charge in [0.2, 0.25) is 0 Å². The Bertz CT molecular complexity index is 1200. The van der Waals surface area contributed by atoms with Crippen molar-refractivity contribution in [1.82, 2.24) is 4.37 Å². The summed E-state index contributed by atoms with van der Waals surface area (Å²) in [5.74, 6) is -3.89. The molecule has 156 valence electrons. The molecule has 0 aliphatic heterocycles. The van der Waals surface area contributed by atoms with Gasteiger partial charge in [-0.05, 0) is 83.8 Å². The normalized spacial score (nSPS) is 22.6. The van der Waals surface area contributed by atoms with Crippen molar-refractivity contribution in [3.05, 3.63) is 63.0 Å². The van der Waals surface area contributed by atoms with Crippen LogP contribution in [0.15, 0.2) is 29.8 Å². The Hall–Kier alpha value is -2.21. The van der Waals surface area contributed by atoms with Crippen molar-refractivity contribution in [2.24, 2.45) is 11.8 Å². The van der Waals surface area contributed by atoms with Gasteiger partial charge in [-0.2, -0.15) is 0 Å². The van der Waals surface area contributed by atoms with Gasteiger partial charge in [0.15, 0.2) is 17.8 Å². The van der Waals surface area contributed by atoms with Gasteiger partial charge >= 0.3 is 0 Å². The Balaban J connectivity index is 0.000000340. The topological polar surface area (TPSA) is 12.9 Å². The second kappa shape index (κ2) is 7.80. The first kappa shape index (κ1) is 19.7. The third-order valence-electron chi connectivity index (χ3n) is 6.42. The van der Waals surface area contributed by atoms with Gasteiger partial charge in [0.05, 0.1) is 5.22 Å². The molecule has 1 heterocycles. The maximum atomic E-state index is 14.9. The third-order valence-corrected chi connectivity index (χ3v) is 6.94. The number of halogens is 4. The minimum atomic E-state index is -1.87. The zero-order valence-corrected chi connectivity index (χ0v) is 17.1. The van der Waals surface area contributed by atoms with Gasteiger partial charge < -0.3 is 0 Å². The lowest BCUT2D eigenvalue weighted by Gasteiger charge is -2.23. The van der Waals surface area contributed by atoms with Crippen molar-refractivity contribution in [3.63, 3.8) is 0 Å². The predicted octanol–water partition coefficient (Wildman–Crippen LogP) is 5.38. The number of hydrogen-bond acceptors (Lipinski definition) is 2. The lowest BCUT2D eigenvalue weighted by molar-refractivity contribution is 0.290. The van der Waals surface area contributed by atoms with E-state index in [0.717, 1.165) is 43.2 Å². The highest BCUT2D eigenvalue weighted by atomic mass is 32.1. The van der Waals surface area contributed by atoms with Crippen molar-refractivity contribution in [2.75, 3.05) is 0 Å². The second-order valence-corrected chi connectivity index (χ2v) is 8.96. The molecule has 1 fully saturated rings. The third kappa shape index (κ3) is 3.25. The molecular weight excluding hydrogens is 410 g/mol. The number of rotatable bonds is 1. The van der Waals surface area contributed by atoms with Crippen LogP contribution in [-0.4, -0.2) is 10.5 Å². The fourth-order valence-electron chi connectivity index (χ4n) is 4.80. The molecule has 0 bridgehead atoms. The van der Waals surface area contributed by atoms with Gasteiger partial charge in [-0.15, -0.1) is 0 Å². The molecule has 30 heavy (non-hydrogen) atoms. The Labute approximate surface area is 175 Å². The Morgan fingerprint density at radius 2 is 1.80 bits per heavy atom. The molecule has 1 saturated carbocycles. The summed E-state index contributed by atoms with van der Waals surface area (Å²) < 4.78 is 62.4. The quantitative estimate of drug-likeness (QED) is 0.472. The zero-order chi connectivity index (χ0) is 20.8. The van der Waals surface area contributed by atoms with Crippen molar-refractivity contribution in [2.45, 2.75) is 44.7 Å². The summed E-state index contributed by atoms with van der Waals surface area (Å²) in [5.41, 5.74) is 1.88. The molecule has 0 N–H and O–H groups in total. The molecule has 6 rings (SSSR count). The molecule has 2 unspecified atom stereocenters. The first-order valence-electron chi connectivity index (χ1n) is 10.4. The van der Waals surface area contributed by atoms with Crippen LogP contribution in [0.3, 0.4) is 0 Å². The van der Waals surface area contributed by atoms with E-state index < -0.39 is 34.8 Å². The maximum Gasteiger partial charge on any atom is 0.170 e. The summed E-state index contributed by atoms with van der Waals surface area (Å²) in [7, 11) is 0. The molecule has 2 atom stereocenters. The molecule has 0 spiro atoms. The molecule has 3 aromatic rings. The molecular formula is C24H21F4NS. The zero-order valence-electron chi connectivity index (χ0n) is 16.3. The number of alkyl halides is 1. The van der Waals surface area contributed by atoms with Gasteiger partial charge in [0, 0.05) is 22.9 Å².